The van der Waals surface area contributed by atoms with Gasteiger partial charge in [-0.15, -0.1) is 0 Å². The van der Waals surface area contributed by atoms with Crippen molar-refractivity contribution in [3.63, 3.8) is 0 Å². The number of nitrogens with zero attached hydrogens (tertiary/aromatic N) is 2. The Balaban J connectivity index is 1.71. The van der Waals surface area contributed by atoms with Gasteiger partial charge in [-0.2, -0.15) is 15.4 Å². The second kappa shape index (κ2) is 7.21. The Morgan fingerprint density at radius 3 is 2.26 bits per heavy atom. The normalized spacial score (nSPS) is 10.6. The molecule has 0 aliphatic heterocycles. The van der Waals surface area contributed by atoms with E-state index in [1.165, 1.54) is 24.3 Å². The van der Waals surface area contributed by atoms with Crippen molar-refractivity contribution in [2.45, 2.75) is 0 Å². The van der Waals surface area contributed by atoms with E-state index in [9.17, 15) is 9.18 Å². The summed E-state index contributed by atoms with van der Waals surface area (Å²) in [5.74, 6) is -0.664. The van der Waals surface area contributed by atoms with Crippen LogP contribution in [-0.2, 0) is 0 Å². The van der Waals surface area contributed by atoms with Gasteiger partial charge < -0.3 is 5.32 Å². The second-order valence-corrected chi connectivity index (χ2v) is 5.89. The number of halogens is 1. The van der Waals surface area contributed by atoms with E-state index in [0.29, 0.717) is 28.2 Å². The fourth-order valence-electron chi connectivity index (χ4n) is 2.84. The van der Waals surface area contributed by atoms with Gasteiger partial charge >= 0.3 is 0 Å². The molecule has 3 aromatic carbocycles. The van der Waals surface area contributed by atoms with Gasteiger partial charge in [0.1, 0.15) is 17.2 Å². The average molecular weight is 358 g/mol. The quantitative estimate of drug-likeness (QED) is 0.563. The van der Waals surface area contributed by atoms with Gasteiger partial charge in [0.2, 0.25) is 0 Å². The van der Waals surface area contributed by atoms with Crippen LogP contribution in [0.2, 0.25) is 0 Å². The van der Waals surface area contributed by atoms with Crippen molar-refractivity contribution in [1.29, 1.82) is 0 Å². The standard InChI is InChI=1S/C21H15FN4O/c22-15-10-12-16(13-11-15)23-21(27)18-9-5-4-8-17(18)20-19(24-26-25-20)14-6-2-1-3-7-14/h1-13H,(H,23,27)(H,24,25,26). The highest BCUT2D eigenvalue weighted by Gasteiger charge is 2.19. The highest BCUT2D eigenvalue weighted by molar-refractivity contribution is 6.09. The molecule has 0 fully saturated rings. The van der Waals surface area contributed by atoms with Crippen molar-refractivity contribution < 1.29 is 9.18 Å². The van der Waals surface area contributed by atoms with Crippen LogP contribution in [0.5, 0.6) is 0 Å². The third-order valence-electron chi connectivity index (χ3n) is 4.12. The molecule has 0 atom stereocenters. The van der Waals surface area contributed by atoms with Gasteiger partial charge in [-0.1, -0.05) is 48.5 Å². The molecule has 0 spiro atoms. The van der Waals surface area contributed by atoms with Gasteiger partial charge in [0, 0.05) is 22.4 Å². The van der Waals surface area contributed by atoms with E-state index < -0.39 is 0 Å². The minimum Gasteiger partial charge on any atom is -0.322 e. The van der Waals surface area contributed by atoms with Gasteiger partial charge in [-0.05, 0) is 30.3 Å². The lowest BCUT2D eigenvalue weighted by Crippen LogP contribution is -2.13. The first kappa shape index (κ1) is 16.7. The molecular formula is C21H15FN4O. The highest BCUT2D eigenvalue weighted by Crippen LogP contribution is 2.30. The molecule has 0 bridgehead atoms. The molecule has 0 saturated carbocycles. The summed E-state index contributed by atoms with van der Waals surface area (Å²) in [5.41, 5.74) is 3.77. The van der Waals surface area contributed by atoms with Crippen LogP contribution in [0.4, 0.5) is 10.1 Å². The monoisotopic (exact) mass is 358 g/mol. The largest absolute Gasteiger partial charge is 0.322 e. The molecule has 0 unspecified atom stereocenters. The first-order chi connectivity index (χ1) is 13.2. The molecule has 4 rings (SSSR count). The van der Waals surface area contributed by atoms with Crippen LogP contribution in [0.1, 0.15) is 10.4 Å². The fourth-order valence-corrected chi connectivity index (χ4v) is 2.84. The highest BCUT2D eigenvalue weighted by atomic mass is 19.1. The summed E-state index contributed by atoms with van der Waals surface area (Å²) in [4.78, 5) is 12.8. The summed E-state index contributed by atoms with van der Waals surface area (Å²) in [7, 11) is 0. The number of carbonyl (C=O) groups is 1. The predicted octanol–water partition coefficient (Wildman–Crippen LogP) is 4.53. The van der Waals surface area contributed by atoms with Crippen LogP contribution in [-0.4, -0.2) is 21.3 Å². The third-order valence-corrected chi connectivity index (χ3v) is 4.12. The molecule has 1 amide bonds. The number of benzene rings is 3. The minimum absolute atomic E-state index is 0.306. The summed E-state index contributed by atoms with van der Waals surface area (Å²) in [6.45, 7) is 0. The molecule has 0 aliphatic rings. The molecule has 0 aliphatic carbocycles. The number of nitrogens with one attached hydrogen (secondary N) is 2. The summed E-state index contributed by atoms with van der Waals surface area (Å²) in [6.07, 6.45) is 0. The van der Waals surface area contributed by atoms with Gasteiger partial charge in [-0.25, -0.2) is 4.39 Å². The molecule has 1 aromatic heterocycles. The number of aromatic nitrogens is 3. The zero-order chi connectivity index (χ0) is 18.6. The first-order valence-corrected chi connectivity index (χ1v) is 8.35. The summed E-state index contributed by atoms with van der Waals surface area (Å²) < 4.78 is 13.1. The molecule has 2 N–H and O–H groups in total. The molecule has 6 heteroatoms. The molecule has 5 nitrogen and oxygen atoms in total. The van der Waals surface area contributed by atoms with Crippen LogP contribution in [0.15, 0.2) is 78.9 Å². The second-order valence-electron chi connectivity index (χ2n) is 5.89. The number of hydrogen-bond acceptors (Lipinski definition) is 3. The van der Waals surface area contributed by atoms with Crippen LogP contribution in [0.3, 0.4) is 0 Å². The number of hydrogen-bond donors (Lipinski definition) is 2. The Kier molecular flexibility index (Phi) is 4.45. The van der Waals surface area contributed by atoms with Crippen molar-refractivity contribution in [3.8, 4) is 22.5 Å². The Hall–Kier alpha value is -3.80. The molecule has 0 saturated heterocycles. The van der Waals surface area contributed by atoms with Crippen molar-refractivity contribution in [2.24, 2.45) is 0 Å². The molecule has 0 radical (unpaired) electrons. The smallest absolute Gasteiger partial charge is 0.256 e. The molecule has 132 valence electrons. The lowest BCUT2D eigenvalue weighted by molar-refractivity contribution is 0.102. The summed E-state index contributed by atoms with van der Waals surface area (Å²) in [5, 5.41) is 13.9. The van der Waals surface area contributed by atoms with Gasteiger partial charge in [-0.3, -0.25) is 4.79 Å². The number of anilines is 1. The zero-order valence-corrected chi connectivity index (χ0v) is 14.2. The van der Waals surface area contributed by atoms with Gasteiger partial charge in [0.25, 0.3) is 5.91 Å². The molecule has 27 heavy (non-hydrogen) atoms. The number of carbonyl (C=O) groups excluding carboxylic acids is 1. The van der Waals surface area contributed by atoms with Crippen LogP contribution < -0.4 is 5.32 Å². The SMILES string of the molecule is O=C(Nc1ccc(F)cc1)c1ccccc1-c1n[nH]nc1-c1ccccc1. The molecule has 1 heterocycles. The van der Waals surface area contributed by atoms with Crippen LogP contribution in [0, 0.1) is 5.82 Å². The lowest BCUT2D eigenvalue weighted by Gasteiger charge is -2.10. The maximum atomic E-state index is 13.1. The van der Waals surface area contributed by atoms with E-state index in [1.54, 1.807) is 12.1 Å². The number of amides is 1. The predicted molar refractivity (Wildman–Crippen MR) is 102 cm³/mol. The maximum Gasteiger partial charge on any atom is 0.256 e. The van der Waals surface area contributed by atoms with Crippen molar-refractivity contribution in [3.05, 3.63) is 90.2 Å². The first-order valence-electron chi connectivity index (χ1n) is 8.35. The third kappa shape index (κ3) is 3.46. The van der Waals surface area contributed by atoms with E-state index in [1.807, 2.05) is 42.5 Å². The Labute approximate surface area is 154 Å². The number of H-pyrrole nitrogens is 1. The van der Waals surface area contributed by atoms with Crippen molar-refractivity contribution >= 4 is 11.6 Å². The van der Waals surface area contributed by atoms with Crippen LogP contribution >= 0.6 is 0 Å². The molecular weight excluding hydrogens is 343 g/mol. The van der Waals surface area contributed by atoms with Crippen molar-refractivity contribution in [1.82, 2.24) is 15.4 Å². The van der Waals surface area contributed by atoms with E-state index in [0.717, 1.165) is 5.56 Å². The summed E-state index contributed by atoms with van der Waals surface area (Å²) >= 11 is 0. The van der Waals surface area contributed by atoms with Crippen molar-refractivity contribution in [2.75, 3.05) is 5.32 Å². The van der Waals surface area contributed by atoms with Gasteiger partial charge in [0.05, 0.1) is 0 Å². The maximum absolute atomic E-state index is 13.1. The van der Waals surface area contributed by atoms with E-state index >= 15 is 0 Å². The van der Waals surface area contributed by atoms with Gasteiger partial charge in [0.15, 0.2) is 0 Å². The zero-order valence-electron chi connectivity index (χ0n) is 14.2. The summed E-state index contributed by atoms with van der Waals surface area (Å²) in [6, 6.07) is 22.4. The topological polar surface area (TPSA) is 70.7 Å². The Bertz CT molecular complexity index is 1070. The lowest BCUT2D eigenvalue weighted by atomic mass is 9.99. The van der Waals surface area contributed by atoms with E-state index in [4.69, 9.17) is 0 Å². The number of aromatic amines is 1. The molecule has 4 aromatic rings. The van der Waals surface area contributed by atoms with E-state index in [-0.39, 0.29) is 11.7 Å². The Morgan fingerprint density at radius 1 is 0.815 bits per heavy atom. The number of rotatable bonds is 4. The van der Waals surface area contributed by atoms with Crippen LogP contribution in [0.25, 0.3) is 22.5 Å². The van der Waals surface area contributed by atoms with E-state index in [2.05, 4.69) is 20.7 Å². The Morgan fingerprint density at radius 2 is 1.48 bits per heavy atom. The average Bonchev–Trinajstić information content (AvgIpc) is 3.20. The fraction of sp³-hybridized carbons (Fsp3) is 0. The minimum atomic E-state index is -0.358.